The molecule has 6 nitrogen and oxygen atoms in total. The third-order valence-corrected chi connectivity index (χ3v) is 6.71. The van der Waals surface area contributed by atoms with Crippen LogP contribution in [0.3, 0.4) is 0 Å². The number of aliphatic hydroxyl groups excluding tert-OH is 1. The first-order chi connectivity index (χ1) is 17.1. The molecular formula is C28H27ClN4O2. The second kappa shape index (κ2) is 10.3. The molecule has 35 heavy (non-hydrogen) atoms. The zero-order valence-electron chi connectivity index (χ0n) is 19.3. The van der Waals surface area contributed by atoms with Crippen molar-refractivity contribution in [3.05, 3.63) is 100 Å². The van der Waals surface area contributed by atoms with Crippen molar-refractivity contribution in [1.82, 2.24) is 20.2 Å². The number of aromatic amines is 1. The number of carbonyl (C=O) groups excluding carboxylic acids is 1. The maximum Gasteiger partial charge on any atom is 0.317 e. The van der Waals surface area contributed by atoms with Gasteiger partial charge in [0.25, 0.3) is 0 Å². The second-order valence-electron chi connectivity index (χ2n) is 8.68. The van der Waals surface area contributed by atoms with Gasteiger partial charge in [0, 0.05) is 25.2 Å². The van der Waals surface area contributed by atoms with Gasteiger partial charge in [0.2, 0.25) is 0 Å². The number of fused-ring (bicyclic) bond motifs is 1. The molecule has 1 aliphatic rings. The van der Waals surface area contributed by atoms with Crippen molar-refractivity contribution >= 4 is 17.6 Å². The Kier molecular flexibility index (Phi) is 6.84. The molecule has 3 aromatic carbocycles. The maximum absolute atomic E-state index is 12.3. The van der Waals surface area contributed by atoms with Gasteiger partial charge in [-0.3, -0.25) is 0 Å². The van der Waals surface area contributed by atoms with Crippen molar-refractivity contribution in [1.29, 1.82) is 0 Å². The third-order valence-electron chi connectivity index (χ3n) is 6.38. The number of nitrogens with one attached hydrogen (secondary N) is 2. The quantitative estimate of drug-likeness (QED) is 0.357. The van der Waals surface area contributed by atoms with Crippen molar-refractivity contribution in [2.75, 3.05) is 19.7 Å². The van der Waals surface area contributed by atoms with E-state index in [2.05, 4.69) is 45.6 Å². The highest BCUT2D eigenvalue weighted by atomic mass is 35.5. The van der Waals surface area contributed by atoms with Crippen molar-refractivity contribution < 1.29 is 9.90 Å². The molecule has 0 radical (unpaired) electrons. The van der Waals surface area contributed by atoms with Crippen molar-refractivity contribution in [2.45, 2.75) is 19.4 Å². The Balaban J connectivity index is 1.37. The van der Waals surface area contributed by atoms with Crippen LogP contribution in [-0.2, 0) is 19.4 Å². The summed E-state index contributed by atoms with van der Waals surface area (Å²) in [6.07, 6.45) is 3.41. The molecule has 1 aliphatic heterocycles. The zero-order valence-corrected chi connectivity index (χ0v) is 20.1. The number of amides is 2. The average Bonchev–Trinajstić information content (AvgIpc) is 3.39. The van der Waals surface area contributed by atoms with Crippen LogP contribution in [0.2, 0.25) is 5.02 Å². The summed E-state index contributed by atoms with van der Waals surface area (Å²) in [4.78, 5) is 22.1. The van der Waals surface area contributed by atoms with Gasteiger partial charge in [-0.05, 0) is 52.8 Å². The summed E-state index contributed by atoms with van der Waals surface area (Å²) in [5.41, 5.74) is 7.79. The van der Waals surface area contributed by atoms with Crippen molar-refractivity contribution in [3.63, 3.8) is 0 Å². The van der Waals surface area contributed by atoms with Gasteiger partial charge in [0.1, 0.15) is 5.82 Å². The first-order valence-corrected chi connectivity index (χ1v) is 12.1. The number of rotatable bonds is 6. The molecule has 0 aliphatic carbocycles. The predicted octanol–water partition coefficient (Wildman–Crippen LogP) is 5.05. The standard InChI is InChI=1S/C28H27ClN4O2/c29-25-10-9-19(16-24(25)27-31-17-26(32-27)20-5-2-1-3-6-20)15-21-7-4-8-22-18-33(13-11-23(21)22)28(35)30-12-14-34/h1-10,16-17,34H,11-15,18H2,(H,30,35)(H,31,32). The van der Waals surface area contributed by atoms with Gasteiger partial charge < -0.3 is 20.3 Å². The molecule has 5 rings (SSSR count). The minimum Gasteiger partial charge on any atom is -0.395 e. The first-order valence-electron chi connectivity index (χ1n) is 11.7. The fraction of sp³-hybridized carbons (Fsp3) is 0.214. The summed E-state index contributed by atoms with van der Waals surface area (Å²) in [7, 11) is 0. The molecule has 178 valence electrons. The first kappa shape index (κ1) is 23.1. The third kappa shape index (κ3) is 5.09. The number of imidazole rings is 1. The van der Waals surface area contributed by atoms with Crippen LogP contribution in [-0.4, -0.2) is 45.7 Å². The number of urea groups is 1. The van der Waals surface area contributed by atoms with Gasteiger partial charge in [-0.25, -0.2) is 9.78 Å². The largest absolute Gasteiger partial charge is 0.395 e. The number of carbonyl (C=O) groups is 1. The van der Waals surface area contributed by atoms with Gasteiger partial charge in [-0.15, -0.1) is 0 Å². The van der Waals surface area contributed by atoms with E-state index < -0.39 is 0 Å². The highest BCUT2D eigenvalue weighted by Gasteiger charge is 2.22. The normalized spacial score (nSPS) is 12.9. The summed E-state index contributed by atoms with van der Waals surface area (Å²) in [6, 6.07) is 22.4. The zero-order chi connectivity index (χ0) is 24.2. The SMILES string of the molecule is O=C(NCCO)N1CCc2c(Cc3ccc(Cl)c(-c4ncc(-c5ccccc5)[nH]4)c3)cccc2C1. The summed E-state index contributed by atoms with van der Waals surface area (Å²) >= 11 is 6.57. The molecule has 0 saturated carbocycles. The molecule has 4 aromatic rings. The van der Waals surface area contributed by atoms with E-state index in [1.54, 1.807) is 4.90 Å². The minimum absolute atomic E-state index is 0.0605. The molecule has 0 spiro atoms. The number of H-pyrrole nitrogens is 1. The van der Waals surface area contributed by atoms with Gasteiger partial charge in [-0.2, -0.15) is 0 Å². The van der Waals surface area contributed by atoms with Crippen LogP contribution in [0.5, 0.6) is 0 Å². The minimum atomic E-state index is -0.134. The Morgan fingerprint density at radius 2 is 1.97 bits per heavy atom. The fourth-order valence-corrected chi connectivity index (χ4v) is 4.82. The molecule has 2 heterocycles. The fourth-order valence-electron chi connectivity index (χ4n) is 4.61. The predicted molar refractivity (Wildman–Crippen MR) is 138 cm³/mol. The van der Waals surface area contributed by atoms with Gasteiger partial charge in [-0.1, -0.05) is 66.2 Å². The molecular weight excluding hydrogens is 460 g/mol. The van der Waals surface area contributed by atoms with Crippen LogP contribution in [0.4, 0.5) is 4.79 Å². The van der Waals surface area contributed by atoms with E-state index in [1.165, 1.54) is 16.7 Å². The van der Waals surface area contributed by atoms with E-state index in [-0.39, 0.29) is 19.2 Å². The van der Waals surface area contributed by atoms with E-state index in [1.807, 2.05) is 42.6 Å². The number of hydrogen-bond acceptors (Lipinski definition) is 3. The van der Waals surface area contributed by atoms with E-state index in [4.69, 9.17) is 16.7 Å². The van der Waals surface area contributed by atoms with E-state index in [0.717, 1.165) is 41.1 Å². The average molecular weight is 487 g/mol. The number of aliphatic hydroxyl groups is 1. The lowest BCUT2D eigenvalue weighted by atomic mass is 9.91. The van der Waals surface area contributed by atoms with E-state index in [9.17, 15) is 4.79 Å². The molecule has 0 fully saturated rings. The smallest absolute Gasteiger partial charge is 0.317 e. The summed E-state index contributed by atoms with van der Waals surface area (Å²) in [6.45, 7) is 1.43. The van der Waals surface area contributed by atoms with Gasteiger partial charge >= 0.3 is 6.03 Å². The molecule has 2 amide bonds. The highest BCUT2D eigenvalue weighted by molar-refractivity contribution is 6.33. The lowest BCUT2D eigenvalue weighted by molar-refractivity contribution is 0.188. The molecule has 3 N–H and O–H groups in total. The topological polar surface area (TPSA) is 81.2 Å². The number of hydrogen-bond donors (Lipinski definition) is 3. The van der Waals surface area contributed by atoms with Gasteiger partial charge in [0.15, 0.2) is 0 Å². The monoisotopic (exact) mass is 486 g/mol. The van der Waals surface area contributed by atoms with Crippen molar-refractivity contribution in [2.24, 2.45) is 0 Å². The Bertz CT molecular complexity index is 1340. The number of halogens is 1. The Labute approximate surface area is 209 Å². The van der Waals surface area contributed by atoms with Crippen molar-refractivity contribution in [3.8, 4) is 22.6 Å². The number of aromatic nitrogens is 2. The lowest BCUT2D eigenvalue weighted by Gasteiger charge is -2.30. The van der Waals surface area contributed by atoms with Crippen LogP contribution in [0.25, 0.3) is 22.6 Å². The summed E-state index contributed by atoms with van der Waals surface area (Å²) in [5, 5.41) is 12.4. The second-order valence-corrected chi connectivity index (χ2v) is 9.09. The van der Waals surface area contributed by atoms with Crippen LogP contribution >= 0.6 is 11.6 Å². The molecule has 0 saturated heterocycles. The summed E-state index contributed by atoms with van der Waals surface area (Å²) in [5.74, 6) is 0.746. The van der Waals surface area contributed by atoms with E-state index in [0.29, 0.717) is 18.1 Å². The van der Waals surface area contributed by atoms with E-state index >= 15 is 0 Å². The highest BCUT2D eigenvalue weighted by Crippen LogP contribution is 2.31. The Morgan fingerprint density at radius 3 is 2.80 bits per heavy atom. The summed E-state index contributed by atoms with van der Waals surface area (Å²) < 4.78 is 0. The number of benzene rings is 3. The molecule has 0 atom stereocenters. The van der Waals surface area contributed by atoms with Gasteiger partial charge in [0.05, 0.1) is 23.5 Å². The molecule has 1 aromatic heterocycles. The molecule has 0 unspecified atom stereocenters. The van der Waals surface area contributed by atoms with Crippen LogP contribution < -0.4 is 5.32 Å². The Hall–Kier alpha value is -3.61. The van der Waals surface area contributed by atoms with Crippen LogP contribution in [0.15, 0.2) is 72.9 Å². The molecule has 7 heteroatoms. The lowest BCUT2D eigenvalue weighted by Crippen LogP contribution is -2.43. The van der Waals surface area contributed by atoms with Crippen LogP contribution in [0.1, 0.15) is 22.3 Å². The Morgan fingerprint density at radius 1 is 1.11 bits per heavy atom. The van der Waals surface area contributed by atoms with Crippen LogP contribution in [0, 0.1) is 0 Å². The number of nitrogens with zero attached hydrogens (tertiary/aromatic N) is 2. The molecule has 0 bridgehead atoms. The maximum atomic E-state index is 12.3.